The summed E-state index contributed by atoms with van der Waals surface area (Å²) >= 11 is 0. The number of hydrogen-bond acceptors (Lipinski definition) is 3. The highest BCUT2D eigenvalue weighted by Crippen LogP contribution is 2.58. The molecule has 2 aliphatic carbocycles. The third-order valence-electron chi connectivity index (χ3n) is 6.57. The van der Waals surface area contributed by atoms with Crippen LogP contribution in [0.2, 0.25) is 0 Å². The monoisotopic (exact) mass is 364 g/mol. The molecule has 25 heavy (non-hydrogen) atoms. The molecule has 1 aromatic carbocycles. The van der Waals surface area contributed by atoms with Crippen LogP contribution < -0.4 is 10.5 Å². The minimum atomic E-state index is -0.209. The Morgan fingerprint density at radius 3 is 2.80 bits per heavy atom. The smallest absolute Gasteiger partial charge is 0.229 e. The van der Waals surface area contributed by atoms with E-state index in [4.69, 9.17) is 10.5 Å². The van der Waals surface area contributed by atoms with Gasteiger partial charge in [-0.1, -0.05) is 18.6 Å². The highest BCUT2D eigenvalue weighted by atomic mass is 35.5. The summed E-state index contributed by atoms with van der Waals surface area (Å²) in [5, 5.41) is 0. The standard InChI is InChI=1S/C20H28N2O2.ClH/c1-24-18-4-2-3-14(10-18)11-20(12-15-5-6-16(20)9-15)19(23)22-8-7-17(21)13-22;/h2-4,10,15-17H,5-9,11-13,21H2,1H3;1H/t15?,16?,17-,20?;/m1./s1. The Bertz CT molecular complexity index is 638. The third-order valence-corrected chi connectivity index (χ3v) is 6.57. The van der Waals surface area contributed by atoms with Gasteiger partial charge in [0.1, 0.15) is 5.75 Å². The molecule has 0 radical (unpaired) electrons. The molecule has 0 spiro atoms. The maximum absolute atomic E-state index is 13.5. The fourth-order valence-electron chi connectivity index (χ4n) is 5.43. The third kappa shape index (κ3) is 3.26. The van der Waals surface area contributed by atoms with Gasteiger partial charge < -0.3 is 15.4 Å². The van der Waals surface area contributed by atoms with E-state index in [2.05, 4.69) is 12.1 Å². The number of nitrogens with two attached hydrogens (primary N) is 1. The normalized spacial score (nSPS) is 33.4. The topological polar surface area (TPSA) is 55.6 Å². The molecular weight excluding hydrogens is 336 g/mol. The lowest BCUT2D eigenvalue weighted by molar-refractivity contribution is -0.144. The van der Waals surface area contributed by atoms with Crippen molar-refractivity contribution in [2.24, 2.45) is 23.0 Å². The summed E-state index contributed by atoms with van der Waals surface area (Å²) in [7, 11) is 1.70. The number of carbonyl (C=O) groups is 1. The van der Waals surface area contributed by atoms with Crippen molar-refractivity contribution in [2.45, 2.75) is 44.6 Å². The number of benzene rings is 1. The quantitative estimate of drug-likeness (QED) is 0.893. The van der Waals surface area contributed by atoms with E-state index >= 15 is 0 Å². The van der Waals surface area contributed by atoms with Crippen LogP contribution in [-0.2, 0) is 11.2 Å². The van der Waals surface area contributed by atoms with Crippen LogP contribution in [-0.4, -0.2) is 37.0 Å². The van der Waals surface area contributed by atoms with Gasteiger partial charge in [-0.05, 0) is 61.6 Å². The lowest BCUT2D eigenvalue weighted by atomic mass is 9.68. The van der Waals surface area contributed by atoms with Gasteiger partial charge in [-0.2, -0.15) is 0 Å². The fraction of sp³-hybridized carbons (Fsp3) is 0.650. The number of carbonyl (C=O) groups excluding carboxylic acids is 1. The maximum Gasteiger partial charge on any atom is 0.229 e. The van der Waals surface area contributed by atoms with E-state index in [1.54, 1.807) is 7.11 Å². The average molecular weight is 365 g/mol. The zero-order valence-corrected chi connectivity index (χ0v) is 15.8. The van der Waals surface area contributed by atoms with Crippen molar-refractivity contribution in [1.29, 1.82) is 0 Å². The molecule has 1 saturated heterocycles. The molecule has 1 aliphatic heterocycles. The van der Waals surface area contributed by atoms with Gasteiger partial charge in [0.2, 0.25) is 5.91 Å². The van der Waals surface area contributed by atoms with Crippen molar-refractivity contribution in [3.05, 3.63) is 29.8 Å². The molecule has 1 heterocycles. The largest absolute Gasteiger partial charge is 0.497 e. The number of ether oxygens (including phenoxy) is 1. The lowest BCUT2D eigenvalue weighted by Crippen LogP contribution is -2.48. The van der Waals surface area contributed by atoms with E-state index in [1.165, 1.54) is 24.8 Å². The predicted molar refractivity (Wildman–Crippen MR) is 101 cm³/mol. The number of hydrogen-bond donors (Lipinski definition) is 1. The predicted octanol–water partition coefficient (Wildman–Crippen LogP) is 3.03. The van der Waals surface area contributed by atoms with Crippen LogP contribution in [0.15, 0.2) is 24.3 Å². The first-order chi connectivity index (χ1) is 11.6. The molecule has 1 amide bonds. The molecule has 3 fully saturated rings. The summed E-state index contributed by atoms with van der Waals surface area (Å²) in [6, 6.07) is 8.39. The van der Waals surface area contributed by atoms with Crippen LogP contribution in [0.25, 0.3) is 0 Å². The molecule has 138 valence electrons. The zero-order valence-electron chi connectivity index (χ0n) is 14.9. The summed E-state index contributed by atoms with van der Waals surface area (Å²) in [5.41, 5.74) is 7.07. The molecule has 2 saturated carbocycles. The molecule has 3 aliphatic rings. The number of nitrogens with zero attached hydrogens (tertiary/aromatic N) is 1. The first kappa shape index (κ1) is 18.5. The van der Waals surface area contributed by atoms with E-state index in [0.717, 1.165) is 44.0 Å². The van der Waals surface area contributed by atoms with Gasteiger partial charge in [0, 0.05) is 19.1 Å². The van der Waals surface area contributed by atoms with Crippen molar-refractivity contribution in [1.82, 2.24) is 4.90 Å². The van der Waals surface area contributed by atoms with Gasteiger partial charge in [-0.25, -0.2) is 0 Å². The second kappa shape index (κ2) is 7.16. The van der Waals surface area contributed by atoms with E-state index < -0.39 is 0 Å². The minimum absolute atomic E-state index is 0. The maximum atomic E-state index is 13.5. The van der Waals surface area contributed by atoms with Crippen molar-refractivity contribution in [3.63, 3.8) is 0 Å². The number of likely N-dealkylation sites (tertiary alicyclic amines) is 1. The number of methoxy groups -OCH3 is 1. The van der Waals surface area contributed by atoms with Gasteiger partial charge in [0.25, 0.3) is 0 Å². The van der Waals surface area contributed by atoms with Crippen molar-refractivity contribution < 1.29 is 9.53 Å². The first-order valence-corrected chi connectivity index (χ1v) is 9.28. The zero-order chi connectivity index (χ0) is 16.7. The molecule has 2 N–H and O–H groups in total. The summed E-state index contributed by atoms with van der Waals surface area (Å²) in [6.07, 6.45) is 6.58. The second-order valence-corrected chi connectivity index (χ2v) is 8.06. The molecular formula is C20H29ClN2O2. The van der Waals surface area contributed by atoms with Gasteiger partial charge in [0.15, 0.2) is 0 Å². The van der Waals surface area contributed by atoms with Gasteiger partial charge >= 0.3 is 0 Å². The van der Waals surface area contributed by atoms with Crippen LogP contribution in [0.1, 0.15) is 37.7 Å². The molecule has 2 bridgehead atoms. The minimum Gasteiger partial charge on any atom is -0.497 e. The Hall–Kier alpha value is -1.26. The summed E-state index contributed by atoms with van der Waals surface area (Å²) < 4.78 is 5.38. The van der Waals surface area contributed by atoms with Crippen molar-refractivity contribution in [3.8, 4) is 5.75 Å². The Labute approximate surface area is 156 Å². The van der Waals surface area contributed by atoms with Crippen LogP contribution in [0.3, 0.4) is 0 Å². The molecule has 3 unspecified atom stereocenters. The molecule has 5 heteroatoms. The van der Waals surface area contributed by atoms with Gasteiger partial charge in [-0.15, -0.1) is 12.4 Å². The Kier molecular flexibility index (Phi) is 5.31. The van der Waals surface area contributed by atoms with Crippen LogP contribution in [0.5, 0.6) is 5.75 Å². The van der Waals surface area contributed by atoms with E-state index in [9.17, 15) is 4.79 Å². The van der Waals surface area contributed by atoms with Crippen LogP contribution in [0.4, 0.5) is 0 Å². The number of amides is 1. The van der Waals surface area contributed by atoms with Gasteiger partial charge in [-0.3, -0.25) is 4.79 Å². The first-order valence-electron chi connectivity index (χ1n) is 9.28. The number of fused-ring (bicyclic) bond motifs is 2. The number of rotatable bonds is 4. The Morgan fingerprint density at radius 2 is 2.20 bits per heavy atom. The van der Waals surface area contributed by atoms with E-state index in [-0.39, 0.29) is 23.9 Å². The van der Waals surface area contributed by atoms with E-state index in [0.29, 0.717) is 11.8 Å². The summed E-state index contributed by atoms with van der Waals surface area (Å²) in [6.45, 7) is 1.56. The SMILES string of the molecule is COc1cccc(CC2(C(=O)N3CC[C@@H](N)C3)CC3CCC2C3)c1.Cl. The average Bonchev–Trinajstić information content (AvgIpc) is 3.30. The molecule has 4 atom stereocenters. The lowest BCUT2D eigenvalue weighted by Gasteiger charge is -2.39. The highest BCUT2D eigenvalue weighted by Gasteiger charge is 2.56. The van der Waals surface area contributed by atoms with Crippen molar-refractivity contribution >= 4 is 18.3 Å². The second-order valence-electron chi connectivity index (χ2n) is 8.06. The molecule has 4 rings (SSSR count). The summed E-state index contributed by atoms with van der Waals surface area (Å²) in [4.78, 5) is 15.6. The van der Waals surface area contributed by atoms with E-state index in [1.807, 2.05) is 17.0 Å². The number of halogens is 1. The molecule has 4 nitrogen and oxygen atoms in total. The van der Waals surface area contributed by atoms with Gasteiger partial charge in [0.05, 0.1) is 12.5 Å². The molecule has 0 aromatic heterocycles. The van der Waals surface area contributed by atoms with Crippen LogP contribution in [0, 0.1) is 17.3 Å². The molecule has 1 aromatic rings. The van der Waals surface area contributed by atoms with Crippen molar-refractivity contribution in [2.75, 3.05) is 20.2 Å². The highest BCUT2D eigenvalue weighted by molar-refractivity contribution is 5.85. The Morgan fingerprint density at radius 1 is 1.36 bits per heavy atom. The summed E-state index contributed by atoms with van der Waals surface area (Å²) in [5.74, 6) is 2.52. The van der Waals surface area contributed by atoms with Crippen LogP contribution >= 0.6 is 12.4 Å². The fourth-order valence-corrected chi connectivity index (χ4v) is 5.43. The Balaban J connectivity index is 0.00000182.